The number of hydrogen-bond acceptors (Lipinski definition) is 5. The molecule has 1 aromatic carbocycles. The normalized spacial score (nSPS) is 10.6. The molecule has 0 unspecified atom stereocenters. The molecule has 2 aromatic heterocycles. The number of nitrogens with two attached hydrogens (primary N) is 1. The molecule has 0 aliphatic heterocycles. The highest BCUT2D eigenvalue weighted by atomic mass is 16.6. The quantitative estimate of drug-likeness (QED) is 0.582. The number of para-hydroxylation sites is 1. The summed E-state index contributed by atoms with van der Waals surface area (Å²) in [6, 6.07) is 12.2. The number of anilines is 1. The second-order valence-electron chi connectivity index (χ2n) is 4.11. The van der Waals surface area contributed by atoms with Gasteiger partial charge in [-0.1, -0.05) is 18.2 Å². The van der Waals surface area contributed by atoms with Crippen LogP contribution >= 0.6 is 0 Å². The van der Waals surface area contributed by atoms with Crippen LogP contribution in [-0.4, -0.2) is 14.7 Å². The molecule has 3 rings (SSSR count). The van der Waals surface area contributed by atoms with Gasteiger partial charge in [-0.2, -0.15) is 5.10 Å². The first-order valence-electron chi connectivity index (χ1n) is 5.80. The highest BCUT2D eigenvalue weighted by molar-refractivity contribution is 5.69. The number of furan rings is 1. The summed E-state index contributed by atoms with van der Waals surface area (Å²) in [6.07, 6.45) is 1.64. The summed E-state index contributed by atoms with van der Waals surface area (Å²) in [4.78, 5) is 10.0. The van der Waals surface area contributed by atoms with Crippen LogP contribution in [0.25, 0.3) is 17.1 Å². The van der Waals surface area contributed by atoms with Crippen LogP contribution in [0.2, 0.25) is 0 Å². The molecule has 0 fully saturated rings. The lowest BCUT2D eigenvalue weighted by molar-refractivity contribution is -0.401. The Balaban J connectivity index is 2.02. The van der Waals surface area contributed by atoms with Crippen molar-refractivity contribution >= 4 is 11.6 Å². The molecule has 0 saturated heterocycles. The zero-order valence-corrected chi connectivity index (χ0v) is 10.3. The fourth-order valence-electron chi connectivity index (χ4n) is 1.84. The molecule has 0 aliphatic rings. The predicted octanol–water partition coefficient (Wildman–Crippen LogP) is 2.62. The largest absolute Gasteiger partial charge is 0.433 e. The number of nitro groups is 1. The van der Waals surface area contributed by atoms with Crippen LogP contribution in [-0.2, 0) is 0 Å². The van der Waals surface area contributed by atoms with Crippen LogP contribution in [0, 0.1) is 10.1 Å². The molecule has 7 heteroatoms. The van der Waals surface area contributed by atoms with Crippen LogP contribution in [0.4, 0.5) is 11.6 Å². The van der Waals surface area contributed by atoms with Gasteiger partial charge in [0.15, 0.2) is 11.5 Å². The van der Waals surface area contributed by atoms with E-state index in [1.807, 2.05) is 30.3 Å². The van der Waals surface area contributed by atoms with Crippen molar-refractivity contribution < 1.29 is 9.34 Å². The molecule has 0 bridgehead atoms. The molecule has 0 spiro atoms. The van der Waals surface area contributed by atoms with Crippen molar-refractivity contribution in [1.82, 2.24) is 9.78 Å². The monoisotopic (exact) mass is 270 g/mol. The van der Waals surface area contributed by atoms with Gasteiger partial charge in [0.2, 0.25) is 0 Å². The lowest BCUT2D eigenvalue weighted by atomic mass is 10.3. The second kappa shape index (κ2) is 4.54. The van der Waals surface area contributed by atoms with Crippen molar-refractivity contribution in [2.75, 3.05) is 5.73 Å². The van der Waals surface area contributed by atoms with E-state index in [-0.39, 0.29) is 11.6 Å². The predicted molar refractivity (Wildman–Crippen MR) is 72.3 cm³/mol. The van der Waals surface area contributed by atoms with E-state index in [4.69, 9.17) is 10.2 Å². The molecule has 0 saturated carbocycles. The second-order valence-corrected chi connectivity index (χ2v) is 4.11. The van der Waals surface area contributed by atoms with Crippen molar-refractivity contribution in [3.8, 4) is 17.1 Å². The topological polar surface area (TPSA) is 100 Å². The molecule has 2 N–H and O–H groups in total. The molecule has 100 valence electrons. The van der Waals surface area contributed by atoms with E-state index in [9.17, 15) is 10.1 Å². The maximum atomic E-state index is 10.6. The zero-order valence-electron chi connectivity index (χ0n) is 10.3. The van der Waals surface area contributed by atoms with Crippen molar-refractivity contribution in [3.05, 3.63) is 58.8 Å². The van der Waals surface area contributed by atoms with E-state index in [0.29, 0.717) is 11.4 Å². The summed E-state index contributed by atoms with van der Waals surface area (Å²) in [5.74, 6) is -0.0717. The number of hydrogen-bond donors (Lipinski definition) is 1. The van der Waals surface area contributed by atoms with Crippen LogP contribution < -0.4 is 5.73 Å². The Morgan fingerprint density at radius 2 is 1.95 bits per heavy atom. The van der Waals surface area contributed by atoms with E-state index < -0.39 is 4.92 Å². The SMILES string of the molecule is Nc1cn(-c2ccccc2)nc1-c1ccc([N+](=O)[O-])o1. The Morgan fingerprint density at radius 3 is 2.60 bits per heavy atom. The highest BCUT2D eigenvalue weighted by Crippen LogP contribution is 2.29. The van der Waals surface area contributed by atoms with Crippen LogP contribution in [0.1, 0.15) is 0 Å². The molecule has 2 heterocycles. The van der Waals surface area contributed by atoms with Crippen molar-refractivity contribution in [3.63, 3.8) is 0 Å². The van der Waals surface area contributed by atoms with Crippen molar-refractivity contribution in [2.45, 2.75) is 0 Å². The molecule has 0 atom stereocenters. The van der Waals surface area contributed by atoms with Crippen molar-refractivity contribution in [1.29, 1.82) is 0 Å². The number of rotatable bonds is 3. The van der Waals surface area contributed by atoms with Gasteiger partial charge in [0, 0.05) is 0 Å². The van der Waals surface area contributed by atoms with E-state index in [1.165, 1.54) is 12.1 Å². The third-order valence-corrected chi connectivity index (χ3v) is 2.77. The molecule has 7 nitrogen and oxygen atoms in total. The van der Waals surface area contributed by atoms with Gasteiger partial charge in [-0.3, -0.25) is 10.1 Å². The van der Waals surface area contributed by atoms with Gasteiger partial charge >= 0.3 is 5.88 Å². The van der Waals surface area contributed by atoms with Gasteiger partial charge in [0.1, 0.15) is 4.92 Å². The zero-order chi connectivity index (χ0) is 14.1. The van der Waals surface area contributed by atoms with Crippen LogP contribution in [0.5, 0.6) is 0 Å². The van der Waals surface area contributed by atoms with Gasteiger partial charge in [0.05, 0.1) is 23.6 Å². The number of nitrogen functional groups attached to an aromatic ring is 1. The number of aromatic nitrogens is 2. The smallest absolute Gasteiger partial charge is 0.399 e. The Bertz CT molecular complexity index is 761. The third-order valence-electron chi connectivity index (χ3n) is 2.77. The van der Waals surface area contributed by atoms with E-state index in [0.717, 1.165) is 5.69 Å². The van der Waals surface area contributed by atoms with Crippen LogP contribution in [0.15, 0.2) is 53.1 Å². The fourth-order valence-corrected chi connectivity index (χ4v) is 1.84. The standard InChI is InChI=1S/C13H10N4O3/c14-10-8-16(9-4-2-1-3-5-9)15-13(10)11-6-7-12(20-11)17(18)19/h1-8H,14H2. The molecule has 3 aromatic rings. The van der Waals surface area contributed by atoms with Gasteiger partial charge in [-0.15, -0.1) is 0 Å². The first-order valence-corrected chi connectivity index (χ1v) is 5.80. The average molecular weight is 270 g/mol. The number of nitrogens with zero attached hydrogens (tertiary/aromatic N) is 3. The first kappa shape index (κ1) is 12.0. The number of benzene rings is 1. The van der Waals surface area contributed by atoms with Gasteiger partial charge in [-0.05, 0) is 18.2 Å². The van der Waals surface area contributed by atoms with Crippen LogP contribution in [0.3, 0.4) is 0 Å². The Hall–Kier alpha value is -3.09. The highest BCUT2D eigenvalue weighted by Gasteiger charge is 2.17. The summed E-state index contributed by atoms with van der Waals surface area (Å²) in [5.41, 5.74) is 7.49. The molecule has 0 amide bonds. The third kappa shape index (κ3) is 2.01. The lowest BCUT2D eigenvalue weighted by Gasteiger charge is -1.98. The Kier molecular flexibility index (Phi) is 2.72. The van der Waals surface area contributed by atoms with E-state index in [1.54, 1.807) is 10.9 Å². The molecular weight excluding hydrogens is 260 g/mol. The summed E-state index contributed by atoms with van der Waals surface area (Å²) in [6.45, 7) is 0. The van der Waals surface area contributed by atoms with E-state index in [2.05, 4.69) is 5.10 Å². The van der Waals surface area contributed by atoms with Gasteiger partial charge in [-0.25, -0.2) is 4.68 Å². The minimum atomic E-state index is -0.603. The molecule has 0 aliphatic carbocycles. The molecular formula is C13H10N4O3. The lowest BCUT2D eigenvalue weighted by Crippen LogP contribution is -1.93. The summed E-state index contributed by atoms with van der Waals surface area (Å²) < 4.78 is 6.70. The van der Waals surface area contributed by atoms with Gasteiger partial charge < -0.3 is 10.2 Å². The summed E-state index contributed by atoms with van der Waals surface area (Å²) in [5, 5.41) is 14.9. The fraction of sp³-hybridized carbons (Fsp3) is 0. The summed E-state index contributed by atoms with van der Waals surface area (Å²) in [7, 11) is 0. The first-order chi connectivity index (χ1) is 9.65. The van der Waals surface area contributed by atoms with Crippen molar-refractivity contribution in [2.24, 2.45) is 0 Å². The Morgan fingerprint density at radius 1 is 1.20 bits per heavy atom. The maximum absolute atomic E-state index is 10.6. The molecule has 0 radical (unpaired) electrons. The van der Waals surface area contributed by atoms with Gasteiger partial charge in [0.25, 0.3) is 0 Å². The maximum Gasteiger partial charge on any atom is 0.433 e. The van der Waals surface area contributed by atoms with E-state index >= 15 is 0 Å². The Labute approximate surface area is 113 Å². The molecule has 20 heavy (non-hydrogen) atoms. The minimum Gasteiger partial charge on any atom is -0.399 e. The minimum absolute atomic E-state index is 0.267. The summed E-state index contributed by atoms with van der Waals surface area (Å²) >= 11 is 0. The average Bonchev–Trinajstić information content (AvgIpc) is 3.06.